The predicted octanol–water partition coefficient (Wildman–Crippen LogP) is 2.94. The summed E-state index contributed by atoms with van der Waals surface area (Å²) < 4.78 is 11.4. The molecule has 1 heterocycles. The molecule has 1 aliphatic rings. The van der Waals surface area contributed by atoms with Crippen molar-refractivity contribution in [2.24, 2.45) is 0 Å². The van der Waals surface area contributed by atoms with Crippen LogP contribution in [0.4, 0.5) is 0 Å². The molecule has 0 spiro atoms. The molecule has 2 aromatic carbocycles. The molecule has 1 aliphatic heterocycles. The van der Waals surface area contributed by atoms with Crippen LogP contribution in [0.25, 0.3) is 0 Å². The van der Waals surface area contributed by atoms with Crippen molar-refractivity contribution in [2.45, 2.75) is 31.6 Å². The molecular weight excluding hydrogens is 330 g/mol. The average molecular weight is 355 g/mol. The van der Waals surface area contributed by atoms with Crippen LogP contribution in [-0.2, 0) is 16.1 Å². The van der Waals surface area contributed by atoms with Gasteiger partial charge in [0, 0.05) is 18.7 Å². The number of carbonyl (C=O) groups excluding carboxylic acids is 1. The highest BCUT2D eigenvalue weighted by atomic mass is 16.5. The lowest BCUT2D eigenvalue weighted by Gasteiger charge is -2.26. The third-order valence-electron chi connectivity index (χ3n) is 4.70. The van der Waals surface area contributed by atoms with Gasteiger partial charge in [-0.15, -0.1) is 0 Å². The van der Waals surface area contributed by atoms with E-state index in [-0.39, 0.29) is 25.2 Å². The van der Waals surface area contributed by atoms with Gasteiger partial charge in [0.2, 0.25) is 0 Å². The molecule has 0 bridgehead atoms. The van der Waals surface area contributed by atoms with E-state index in [1.165, 1.54) is 0 Å². The molecule has 0 aromatic heterocycles. The van der Waals surface area contributed by atoms with Gasteiger partial charge in [-0.3, -0.25) is 4.79 Å². The van der Waals surface area contributed by atoms with E-state index in [1.54, 1.807) is 12.0 Å². The van der Waals surface area contributed by atoms with Crippen LogP contribution < -0.4 is 4.74 Å². The molecule has 1 saturated heterocycles. The second-order valence-electron chi connectivity index (χ2n) is 6.40. The minimum atomic E-state index is -0.471. The van der Waals surface area contributed by atoms with Crippen LogP contribution >= 0.6 is 0 Å². The number of methoxy groups -OCH3 is 1. The SMILES string of the molecule is COc1ccccc1CN(CCO)C(=O)[C@H]1CC[C@@H](c2ccccc2)O1. The van der Waals surface area contributed by atoms with Crippen LogP contribution in [-0.4, -0.2) is 42.3 Å². The van der Waals surface area contributed by atoms with Crippen LogP contribution in [0.3, 0.4) is 0 Å². The summed E-state index contributed by atoms with van der Waals surface area (Å²) in [5, 5.41) is 9.40. The van der Waals surface area contributed by atoms with Gasteiger partial charge in [-0.2, -0.15) is 0 Å². The first-order valence-corrected chi connectivity index (χ1v) is 8.95. The monoisotopic (exact) mass is 355 g/mol. The first-order valence-electron chi connectivity index (χ1n) is 8.95. The minimum absolute atomic E-state index is 0.0487. The number of hydrogen-bond donors (Lipinski definition) is 1. The molecule has 1 N–H and O–H groups in total. The van der Waals surface area contributed by atoms with E-state index in [2.05, 4.69) is 0 Å². The van der Waals surface area contributed by atoms with E-state index in [0.717, 1.165) is 23.3 Å². The number of aliphatic hydroxyl groups is 1. The first kappa shape index (κ1) is 18.4. The number of ether oxygens (including phenoxy) is 2. The van der Waals surface area contributed by atoms with Crippen molar-refractivity contribution in [1.82, 2.24) is 4.90 Å². The highest BCUT2D eigenvalue weighted by Gasteiger charge is 2.34. The third-order valence-corrected chi connectivity index (χ3v) is 4.70. The molecule has 138 valence electrons. The molecule has 3 rings (SSSR count). The van der Waals surface area contributed by atoms with Crippen molar-refractivity contribution in [3.05, 3.63) is 65.7 Å². The molecule has 2 aromatic rings. The fourth-order valence-electron chi connectivity index (χ4n) is 3.36. The average Bonchev–Trinajstić information content (AvgIpc) is 3.18. The lowest BCUT2D eigenvalue weighted by Crippen LogP contribution is -2.40. The van der Waals surface area contributed by atoms with E-state index < -0.39 is 6.10 Å². The fourth-order valence-corrected chi connectivity index (χ4v) is 3.36. The summed E-state index contributed by atoms with van der Waals surface area (Å²) in [4.78, 5) is 14.6. The highest BCUT2D eigenvalue weighted by molar-refractivity contribution is 5.81. The molecule has 2 atom stereocenters. The predicted molar refractivity (Wildman–Crippen MR) is 98.8 cm³/mol. The zero-order valence-electron chi connectivity index (χ0n) is 15.0. The van der Waals surface area contributed by atoms with Gasteiger partial charge in [-0.25, -0.2) is 0 Å². The Bertz CT molecular complexity index is 719. The zero-order chi connectivity index (χ0) is 18.4. The van der Waals surface area contributed by atoms with Gasteiger partial charge in [-0.05, 0) is 24.5 Å². The van der Waals surface area contributed by atoms with Crippen molar-refractivity contribution in [3.8, 4) is 5.75 Å². The number of rotatable bonds is 7. The lowest BCUT2D eigenvalue weighted by atomic mass is 10.1. The number of hydrogen-bond acceptors (Lipinski definition) is 4. The standard InChI is InChI=1S/C21H25NO4/c1-25-18-10-6-5-9-17(18)15-22(13-14-23)21(24)20-12-11-19(26-20)16-7-3-2-4-8-16/h2-10,19-20,23H,11-15H2,1H3/t19-,20+/m0/s1. The van der Waals surface area contributed by atoms with Gasteiger partial charge < -0.3 is 19.5 Å². The number of amides is 1. The van der Waals surface area contributed by atoms with Crippen molar-refractivity contribution in [3.63, 3.8) is 0 Å². The molecule has 0 unspecified atom stereocenters. The third kappa shape index (κ3) is 4.23. The Kier molecular flexibility index (Phi) is 6.26. The summed E-state index contributed by atoms with van der Waals surface area (Å²) in [5.74, 6) is 0.654. The molecule has 1 amide bonds. The van der Waals surface area contributed by atoms with E-state index in [1.807, 2.05) is 54.6 Å². The van der Waals surface area contributed by atoms with Gasteiger partial charge in [-0.1, -0.05) is 48.5 Å². The van der Waals surface area contributed by atoms with Crippen LogP contribution in [0.5, 0.6) is 5.75 Å². The summed E-state index contributed by atoms with van der Waals surface area (Å²) in [6, 6.07) is 17.6. The topological polar surface area (TPSA) is 59.0 Å². The van der Waals surface area contributed by atoms with Gasteiger partial charge in [0.15, 0.2) is 0 Å². The zero-order valence-corrected chi connectivity index (χ0v) is 15.0. The van der Waals surface area contributed by atoms with Gasteiger partial charge >= 0.3 is 0 Å². The molecular formula is C21H25NO4. The molecule has 1 fully saturated rings. The molecule has 0 aliphatic carbocycles. The number of benzene rings is 2. The Hall–Kier alpha value is -2.37. The quantitative estimate of drug-likeness (QED) is 0.830. The molecule has 0 radical (unpaired) electrons. The van der Waals surface area contributed by atoms with E-state index >= 15 is 0 Å². The van der Waals surface area contributed by atoms with Crippen LogP contribution in [0.1, 0.15) is 30.1 Å². The van der Waals surface area contributed by atoms with Crippen molar-refractivity contribution in [1.29, 1.82) is 0 Å². The lowest BCUT2D eigenvalue weighted by molar-refractivity contribution is -0.144. The Morgan fingerprint density at radius 3 is 2.62 bits per heavy atom. The maximum absolute atomic E-state index is 13.0. The van der Waals surface area contributed by atoms with Gasteiger partial charge in [0.05, 0.1) is 19.8 Å². The smallest absolute Gasteiger partial charge is 0.252 e. The summed E-state index contributed by atoms with van der Waals surface area (Å²) >= 11 is 0. The summed E-state index contributed by atoms with van der Waals surface area (Å²) in [6.07, 6.45) is 0.989. The molecule has 26 heavy (non-hydrogen) atoms. The number of aliphatic hydroxyl groups excluding tert-OH is 1. The second-order valence-corrected chi connectivity index (χ2v) is 6.40. The van der Waals surface area contributed by atoms with Crippen LogP contribution in [0, 0.1) is 0 Å². The van der Waals surface area contributed by atoms with Crippen molar-refractivity contribution < 1.29 is 19.4 Å². The molecule has 5 heteroatoms. The molecule has 0 saturated carbocycles. The number of carbonyl (C=O) groups is 1. The summed E-state index contributed by atoms with van der Waals surface area (Å²) in [5.41, 5.74) is 2.01. The van der Waals surface area contributed by atoms with Crippen LogP contribution in [0.2, 0.25) is 0 Å². The minimum Gasteiger partial charge on any atom is -0.496 e. The Morgan fingerprint density at radius 1 is 1.15 bits per heavy atom. The number of nitrogens with zero attached hydrogens (tertiary/aromatic N) is 1. The second kappa shape index (κ2) is 8.83. The summed E-state index contributed by atoms with van der Waals surface area (Å²) in [7, 11) is 1.61. The Labute approximate surface area is 154 Å². The van der Waals surface area contributed by atoms with E-state index in [0.29, 0.717) is 13.0 Å². The van der Waals surface area contributed by atoms with Crippen molar-refractivity contribution >= 4 is 5.91 Å². The summed E-state index contributed by atoms with van der Waals surface area (Å²) in [6.45, 7) is 0.571. The van der Waals surface area contributed by atoms with E-state index in [4.69, 9.17) is 9.47 Å². The normalized spacial score (nSPS) is 19.3. The van der Waals surface area contributed by atoms with Gasteiger partial charge in [0.25, 0.3) is 5.91 Å². The van der Waals surface area contributed by atoms with Gasteiger partial charge in [0.1, 0.15) is 11.9 Å². The maximum Gasteiger partial charge on any atom is 0.252 e. The fraction of sp³-hybridized carbons (Fsp3) is 0.381. The van der Waals surface area contributed by atoms with E-state index in [9.17, 15) is 9.90 Å². The first-order chi connectivity index (χ1) is 12.7. The maximum atomic E-state index is 13.0. The Balaban J connectivity index is 1.69. The Morgan fingerprint density at radius 2 is 1.88 bits per heavy atom. The van der Waals surface area contributed by atoms with Crippen LogP contribution in [0.15, 0.2) is 54.6 Å². The largest absolute Gasteiger partial charge is 0.496 e. The van der Waals surface area contributed by atoms with Crippen molar-refractivity contribution in [2.75, 3.05) is 20.3 Å². The highest BCUT2D eigenvalue weighted by Crippen LogP contribution is 2.33. The molecule has 5 nitrogen and oxygen atoms in total. The number of para-hydroxylation sites is 1.